The van der Waals surface area contributed by atoms with Gasteiger partial charge in [0.25, 0.3) is 0 Å². The second kappa shape index (κ2) is 4.71. The summed E-state index contributed by atoms with van der Waals surface area (Å²) in [6.45, 7) is 0. The van der Waals surface area contributed by atoms with Gasteiger partial charge >= 0.3 is 0 Å². The smallest absolute Gasteiger partial charge is 0.216 e. The summed E-state index contributed by atoms with van der Waals surface area (Å²) in [5.74, 6) is 0.393. The van der Waals surface area contributed by atoms with Gasteiger partial charge in [-0.25, -0.2) is 0 Å². The Labute approximate surface area is 107 Å². The van der Waals surface area contributed by atoms with Crippen LogP contribution in [0.4, 0.5) is 0 Å². The van der Waals surface area contributed by atoms with Crippen molar-refractivity contribution in [3.05, 3.63) is 46.2 Å². The average Bonchev–Trinajstić information content (AvgIpc) is 2.75. The molecule has 2 rings (SSSR count). The van der Waals surface area contributed by atoms with E-state index in [-0.39, 0.29) is 5.78 Å². The monoisotopic (exact) mass is 294 g/mol. The predicted molar refractivity (Wildman–Crippen MR) is 67.3 cm³/mol. The number of methoxy groups -OCH3 is 1. The standard InChI is InChI=1S/C12H11BrN2O2/c1-15-6-5-10(14-15)12(16)9-4-3-8(13)7-11(9)17-2/h3-7H,1-2H3. The van der Waals surface area contributed by atoms with Crippen molar-refractivity contribution in [2.24, 2.45) is 7.05 Å². The Balaban J connectivity index is 2.43. The molecule has 1 heterocycles. The molecule has 0 saturated heterocycles. The Hall–Kier alpha value is -1.62. The van der Waals surface area contributed by atoms with E-state index in [1.165, 1.54) is 7.11 Å². The Morgan fingerprint density at radius 1 is 1.41 bits per heavy atom. The zero-order chi connectivity index (χ0) is 12.4. The lowest BCUT2D eigenvalue weighted by Crippen LogP contribution is -2.05. The largest absolute Gasteiger partial charge is 0.496 e. The number of benzene rings is 1. The summed E-state index contributed by atoms with van der Waals surface area (Å²) in [6.07, 6.45) is 1.73. The van der Waals surface area contributed by atoms with Crippen LogP contribution in [0.5, 0.6) is 5.75 Å². The Kier molecular flexibility index (Phi) is 3.28. The summed E-state index contributed by atoms with van der Waals surface area (Å²) in [7, 11) is 3.31. The van der Waals surface area contributed by atoms with Crippen molar-refractivity contribution in [2.45, 2.75) is 0 Å². The van der Waals surface area contributed by atoms with Crippen molar-refractivity contribution in [2.75, 3.05) is 7.11 Å². The molecule has 0 aliphatic rings. The highest BCUT2D eigenvalue weighted by atomic mass is 79.9. The van der Waals surface area contributed by atoms with Crippen LogP contribution in [-0.2, 0) is 7.05 Å². The van der Waals surface area contributed by atoms with E-state index in [0.717, 1.165) is 4.47 Å². The van der Waals surface area contributed by atoms with E-state index in [2.05, 4.69) is 21.0 Å². The first-order chi connectivity index (χ1) is 8.11. The molecule has 0 aliphatic heterocycles. The van der Waals surface area contributed by atoms with Crippen LogP contribution in [0.3, 0.4) is 0 Å². The molecule has 88 valence electrons. The van der Waals surface area contributed by atoms with Crippen LogP contribution in [-0.4, -0.2) is 22.7 Å². The lowest BCUT2D eigenvalue weighted by atomic mass is 10.1. The number of hydrogen-bond acceptors (Lipinski definition) is 3. The summed E-state index contributed by atoms with van der Waals surface area (Å²) in [4.78, 5) is 12.2. The highest BCUT2D eigenvalue weighted by Gasteiger charge is 2.16. The zero-order valence-corrected chi connectivity index (χ0v) is 11.1. The topological polar surface area (TPSA) is 44.1 Å². The fraction of sp³-hybridized carbons (Fsp3) is 0.167. The van der Waals surface area contributed by atoms with Crippen LogP contribution < -0.4 is 4.74 Å². The molecule has 2 aromatic rings. The second-order valence-electron chi connectivity index (χ2n) is 3.55. The van der Waals surface area contributed by atoms with Crippen molar-refractivity contribution in [3.8, 4) is 5.75 Å². The molecule has 1 aromatic carbocycles. The number of aromatic nitrogens is 2. The summed E-state index contributed by atoms with van der Waals surface area (Å²) in [5.41, 5.74) is 0.919. The minimum Gasteiger partial charge on any atom is -0.496 e. The van der Waals surface area contributed by atoms with Gasteiger partial charge < -0.3 is 4.74 Å². The first-order valence-corrected chi connectivity index (χ1v) is 5.79. The Morgan fingerprint density at radius 2 is 2.18 bits per heavy atom. The van der Waals surface area contributed by atoms with Crippen molar-refractivity contribution in [3.63, 3.8) is 0 Å². The fourth-order valence-electron chi connectivity index (χ4n) is 1.53. The number of hydrogen-bond donors (Lipinski definition) is 0. The molecular weight excluding hydrogens is 284 g/mol. The number of carbonyl (C=O) groups is 1. The first kappa shape index (κ1) is 11.9. The molecule has 5 heteroatoms. The number of ether oxygens (including phenoxy) is 1. The van der Waals surface area contributed by atoms with Gasteiger partial charge in [0.05, 0.1) is 12.7 Å². The van der Waals surface area contributed by atoms with Crippen LogP contribution in [0.1, 0.15) is 16.1 Å². The van der Waals surface area contributed by atoms with E-state index in [4.69, 9.17) is 4.74 Å². The van der Waals surface area contributed by atoms with Gasteiger partial charge in [0.2, 0.25) is 5.78 Å². The van der Waals surface area contributed by atoms with E-state index in [0.29, 0.717) is 17.0 Å². The Bertz CT molecular complexity index is 563. The number of halogens is 1. The lowest BCUT2D eigenvalue weighted by Gasteiger charge is -2.06. The number of ketones is 1. The van der Waals surface area contributed by atoms with Crippen LogP contribution in [0, 0.1) is 0 Å². The molecule has 4 nitrogen and oxygen atoms in total. The normalized spacial score (nSPS) is 10.3. The maximum absolute atomic E-state index is 12.2. The van der Waals surface area contributed by atoms with Crippen molar-refractivity contribution in [1.29, 1.82) is 0 Å². The van der Waals surface area contributed by atoms with Gasteiger partial charge in [-0.3, -0.25) is 9.48 Å². The van der Waals surface area contributed by atoms with Gasteiger partial charge in [0.1, 0.15) is 11.4 Å². The van der Waals surface area contributed by atoms with E-state index >= 15 is 0 Å². The molecule has 0 bridgehead atoms. The van der Waals surface area contributed by atoms with E-state index in [9.17, 15) is 4.79 Å². The molecule has 0 unspecified atom stereocenters. The molecule has 0 atom stereocenters. The highest BCUT2D eigenvalue weighted by Crippen LogP contribution is 2.25. The third-order valence-corrected chi connectivity index (χ3v) is 2.85. The molecule has 0 radical (unpaired) electrons. The summed E-state index contributed by atoms with van der Waals surface area (Å²) in [5, 5.41) is 4.08. The number of nitrogens with zero attached hydrogens (tertiary/aromatic N) is 2. The highest BCUT2D eigenvalue weighted by molar-refractivity contribution is 9.10. The summed E-state index contributed by atoms with van der Waals surface area (Å²) >= 11 is 3.34. The van der Waals surface area contributed by atoms with Gasteiger partial charge in [-0.2, -0.15) is 5.10 Å². The summed E-state index contributed by atoms with van der Waals surface area (Å²) < 4.78 is 7.65. The van der Waals surface area contributed by atoms with E-state index in [1.54, 1.807) is 42.2 Å². The minimum atomic E-state index is -0.144. The quantitative estimate of drug-likeness (QED) is 0.817. The van der Waals surface area contributed by atoms with Gasteiger partial charge in [0, 0.05) is 17.7 Å². The van der Waals surface area contributed by atoms with Gasteiger partial charge in [-0.15, -0.1) is 0 Å². The van der Waals surface area contributed by atoms with Crippen LogP contribution in [0.2, 0.25) is 0 Å². The van der Waals surface area contributed by atoms with Gasteiger partial charge in [-0.1, -0.05) is 15.9 Å². The number of aryl methyl sites for hydroxylation is 1. The Morgan fingerprint density at radius 3 is 2.76 bits per heavy atom. The summed E-state index contributed by atoms with van der Waals surface area (Å²) in [6, 6.07) is 6.97. The fourth-order valence-corrected chi connectivity index (χ4v) is 1.87. The van der Waals surface area contributed by atoms with Gasteiger partial charge in [-0.05, 0) is 24.3 Å². The predicted octanol–water partition coefficient (Wildman–Crippen LogP) is 2.42. The van der Waals surface area contributed by atoms with Crippen molar-refractivity contribution >= 4 is 21.7 Å². The van der Waals surface area contributed by atoms with E-state index < -0.39 is 0 Å². The van der Waals surface area contributed by atoms with E-state index in [1.807, 2.05) is 0 Å². The minimum absolute atomic E-state index is 0.144. The van der Waals surface area contributed by atoms with Crippen molar-refractivity contribution < 1.29 is 9.53 Å². The average molecular weight is 295 g/mol. The SMILES string of the molecule is COc1cc(Br)ccc1C(=O)c1ccn(C)n1. The third kappa shape index (κ3) is 2.39. The maximum atomic E-state index is 12.2. The van der Waals surface area contributed by atoms with Crippen molar-refractivity contribution in [1.82, 2.24) is 9.78 Å². The number of carbonyl (C=O) groups excluding carboxylic acids is 1. The molecule has 17 heavy (non-hydrogen) atoms. The van der Waals surface area contributed by atoms with Crippen LogP contribution >= 0.6 is 15.9 Å². The molecule has 0 saturated carbocycles. The molecular formula is C12H11BrN2O2. The van der Waals surface area contributed by atoms with Crippen LogP contribution in [0.15, 0.2) is 34.9 Å². The second-order valence-corrected chi connectivity index (χ2v) is 4.46. The zero-order valence-electron chi connectivity index (χ0n) is 9.48. The molecule has 0 N–H and O–H groups in total. The van der Waals surface area contributed by atoms with Gasteiger partial charge in [0.15, 0.2) is 0 Å². The third-order valence-electron chi connectivity index (χ3n) is 2.35. The molecule has 0 amide bonds. The van der Waals surface area contributed by atoms with Crippen LogP contribution in [0.25, 0.3) is 0 Å². The molecule has 0 fully saturated rings. The molecule has 0 aliphatic carbocycles. The first-order valence-electron chi connectivity index (χ1n) is 4.99. The molecule has 1 aromatic heterocycles. The lowest BCUT2D eigenvalue weighted by molar-refractivity contribution is 0.103. The molecule has 0 spiro atoms. The maximum Gasteiger partial charge on any atom is 0.216 e. The number of rotatable bonds is 3.